The van der Waals surface area contributed by atoms with E-state index in [2.05, 4.69) is 38.2 Å². The Morgan fingerprint density at radius 2 is 1.81 bits per heavy atom. The van der Waals surface area contributed by atoms with Crippen LogP contribution in [0.2, 0.25) is 0 Å². The molecule has 0 aromatic heterocycles. The molecule has 0 aliphatic rings. The predicted octanol–water partition coefficient (Wildman–Crippen LogP) is 4.05. The van der Waals surface area contributed by atoms with Crippen molar-refractivity contribution in [3.05, 3.63) is 23.8 Å². The van der Waals surface area contributed by atoms with Gasteiger partial charge in [-0.15, -0.1) is 0 Å². The Morgan fingerprint density at radius 1 is 1.10 bits per heavy atom. The van der Waals surface area contributed by atoms with Gasteiger partial charge in [-0.25, -0.2) is 0 Å². The maximum absolute atomic E-state index is 5.39. The molecule has 3 heteroatoms. The lowest BCUT2D eigenvalue weighted by molar-refractivity contribution is 0.353. The zero-order valence-corrected chi connectivity index (χ0v) is 14.2. The summed E-state index contributed by atoms with van der Waals surface area (Å²) in [6.45, 7) is 7.79. The molecule has 21 heavy (non-hydrogen) atoms. The first-order valence-corrected chi connectivity index (χ1v) is 8.08. The van der Waals surface area contributed by atoms with E-state index >= 15 is 0 Å². The zero-order valence-electron chi connectivity index (χ0n) is 14.2. The molecular formula is C18H31NO2. The summed E-state index contributed by atoms with van der Waals surface area (Å²) < 4.78 is 10.7. The summed E-state index contributed by atoms with van der Waals surface area (Å²) in [6.07, 6.45) is 4.81. The molecule has 0 radical (unpaired) electrons. The third kappa shape index (κ3) is 5.96. The molecule has 0 aliphatic heterocycles. The second kappa shape index (κ2) is 9.67. The Bertz CT molecular complexity index is 406. The van der Waals surface area contributed by atoms with E-state index in [-0.39, 0.29) is 0 Å². The Kier molecular flexibility index (Phi) is 8.21. The first kappa shape index (κ1) is 17.8. The average molecular weight is 293 g/mol. The number of rotatable bonds is 10. The number of hydrogen-bond donors (Lipinski definition) is 1. The first-order chi connectivity index (χ1) is 10.1. The Labute approximate surface area is 130 Å². The van der Waals surface area contributed by atoms with Crippen LogP contribution in [0.4, 0.5) is 0 Å². The van der Waals surface area contributed by atoms with Gasteiger partial charge < -0.3 is 14.8 Å². The number of ether oxygens (including phenoxy) is 2. The third-order valence-corrected chi connectivity index (χ3v) is 3.89. The van der Waals surface area contributed by atoms with E-state index in [0.717, 1.165) is 30.4 Å². The zero-order chi connectivity index (χ0) is 15.7. The SMILES string of the molecule is CCCC(C)CC(Cc1ccc(OC)c(OC)c1)NCC. The maximum atomic E-state index is 5.39. The van der Waals surface area contributed by atoms with E-state index in [1.807, 2.05) is 6.07 Å². The highest BCUT2D eigenvalue weighted by molar-refractivity contribution is 5.43. The molecule has 0 spiro atoms. The number of hydrogen-bond acceptors (Lipinski definition) is 3. The molecule has 2 unspecified atom stereocenters. The van der Waals surface area contributed by atoms with Crippen molar-refractivity contribution in [2.24, 2.45) is 5.92 Å². The number of nitrogens with one attached hydrogen (secondary N) is 1. The quantitative estimate of drug-likeness (QED) is 0.706. The average Bonchev–Trinajstić information content (AvgIpc) is 2.47. The van der Waals surface area contributed by atoms with Gasteiger partial charge >= 0.3 is 0 Å². The summed E-state index contributed by atoms with van der Waals surface area (Å²) in [5.41, 5.74) is 1.29. The molecular weight excluding hydrogens is 262 g/mol. The van der Waals surface area contributed by atoms with Gasteiger partial charge in [-0.05, 0) is 43.0 Å². The highest BCUT2D eigenvalue weighted by atomic mass is 16.5. The molecule has 120 valence electrons. The molecule has 0 fully saturated rings. The van der Waals surface area contributed by atoms with E-state index in [4.69, 9.17) is 9.47 Å². The molecule has 2 atom stereocenters. The summed E-state index contributed by atoms with van der Waals surface area (Å²) in [7, 11) is 3.36. The van der Waals surface area contributed by atoms with Gasteiger partial charge in [0.15, 0.2) is 11.5 Å². The normalized spacial score (nSPS) is 13.8. The summed E-state index contributed by atoms with van der Waals surface area (Å²) in [6, 6.07) is 6.74. The molecule has 0 amide bonds. The van der Waals surface area contributed by atoms with E-state index in [1.54, 1.807) is 14.2 Å². The maximum Gasteiger partial charge on any atom is 0.160 e. The minimum absolute atomic E-state index is 0.523. The van der Waals surface area contributed by atoms with Gasteiger partial charge in [-0.2, -0.15) is 0 Å². The summed E-state index contributed by atoms with van der Waals surface area (Å²) in [5.74, 6) is 2.37. The molecule has 1 aromatic rings. The van der Waals surface area contributed by atoms with Crippen molar-refractivity contribution in [3.63, 3.8) is 0 Å². The standard InChI is InChI=1S/C18H31NO2/c1-6-8-14(3)11-16(19-7-2)12-15-9-10-17(20-4)18(13-15)21-5/h9-10,13-14,16,19H,6-8,11-12H2,1-5H3. The Balaban J connectivity index is 2.73. The van der Waals surface area contributed by atoms with Crippen molar-refractivity contribution >= 4 is 0 Å². The van der Waals surface area contributed by atoms with E-state index in [0.29, 0.717) is 6.04 Å². The lowest BCUT2D eigenvalue weighted by Crippen LogP contribution is -2.32. The van der Waals surface area contributed by atoms with Crippen LogP contribution >= 0.6 is 0 Å². The van der Waals surface area contributed by atoms with E-state index in [9.17, 15) is 0 Å². The van der Waals surface area contributed by atoms with Crippen LogP contribution in [0.3, 0.4) is 0 Å². The van der Waals surface area contributed by atoms with E-state index < -0.39 is 0 Å². The van der Waals surface area contributed by atoms with Crippen molar-refractivity contribution in [3.8, 4) is 11.5 Å². The summed E-state index contributed by atoms with van der Waals surface area (Å²) >= 11 is 0. The van der Waals surface area contributed by atoms with Crippen molar-refractivity contribution in [2.75, 3.05) is 20.8 Å². The van der Waals surface area contributed by atoms with Crippen molar-refractivity contribution in [2.45, 2.75) is 52.5 Å². The topological polar surface area (TPSA) is 30.5 Å². The largest absolute Gasteiger partial charge is 0.493 e. The van der Waals surface area contributed by atoms with Crippen molar-refractivity contribution < 1.29 is 9.47 Å². The van der Waals surface area contributed by atoms with Crippen LogP contribution in [-0.4, -0.2) is 26.8 Å². The minimum Gasteiger partial charge on any atom is -0.493 e. The lowest BCUT2D eigenvalue weighted by Gasteiger charge is -2.22. The number of benzene rings is 1. The monoisotopic (exact) mass is 293 g/mol. The van der Waals surface area contributed by atoms with Crippen LogP contribution in [0, 0.1) is 5.92 Å². The molecule has 1 rings (SSSR count). The first-order valence-electron chi connectivity index (χ1n) is 8.08. The van der Waals surface area contributed by atoms with Crippen LogP contribution in [0.1, 0.15) is 45.6 Å². The minimum atomic E-state index is 0.523. The van der Waals surface area contributed by atoms with Crippen LogP contribution in [-0.2, 0) is 6.42 Å². The van der Waals surface area contributed by atoms with Crippen LogP contribution in [0.15, 0.2) is 18.2 Å². The number of methoxy groups -OCH3 is 2. The second-order valence-electron chi connectivity index (χ2n) is 5.78. The highest BCUT2D eigenvalue weighted by Crippen LogP contribution is 2.28. The second-order valence-corrected chi connectivity index (χ2v) is 5.78. The summed E-state index contributed by atoms with van der Waals surface area (Å²) in [5, 5.41) is 3.61. The third-order valence-electron chi connectivity index (χ3n) is 3.89. The lowest BCUT2D eigenvalue weighted by atomic mass is 9.93. The molecule has 3 nitrogen and oxygen atoms in total. The Hall–Kier alpha value is -1.22. The predicted molar refractivity (Wildman–Crippen MR) is 89.4 cm³/mol. The van der Waals surface area contributed by atoms with Gasteiger partial charge in [0.25, 0.3) is 0 Å². The van der Waals surface area contributed by atoms with Gasteiger partial charge in [0.05, 0.1) is 14.2 Å². The number of likely N-dealkylation sites (N-methyl/N-ethyl adjacent to an activating group) is 1. The molecule has 0 aliphatic carbocycles. The fourth-order valence-electron chi connectivity index (χ4n) is 2.92. The van der Waals surface area contributed by atoms with Gasteiger partial charge in [0.2, 0.25) is 0 Å². The fraction of sp³-hybridized carbons (Fsp3) is 0.667. The smallest absolute Gasteiger partial charge is 0.160 e. The molecule has 0 heterocycles. The van der Waals surface area contributed by atoms with Crippen LogP contribution in [0.25, 0.3) is 0 Å². The van der Waals surface area contributed by atoms with Crippen LogP contribution in [0.5, 0.6) is 11.5 Å². The molecule has 1 aromatic carbocycles. The van der Waals surface area contributed by atoms with Gasteiger partial charge in [0, 0.05) is 6.04 Å². The van der Waals surface area contributed by atoms with Crippen LogP contribution < -0.4 is 14.8 Å². The molecule has 0 bridgehead atoms. The molecule has 0 saturated carbocycles. The van der Waals surface area contributed by atoms with Crippen molar-refractivity contribution in [1.82, 2.24) is 5.32 Å². The fourth-order valence-corrected chi connectivity index (χ4v) is 2.92. The molecule has 0 saturated heterocycles. The Morgan fingerprint density at radius 3 is 2.38 bits per heavy atom. The summed E-state index contributed by atoms with van der Waals surface area (Å²) in [4.78, 5) is 0. The van der Waals surface area contributed by atoms with Gasteiger partial charge in [0.1, 0.15) is 0 Å². The van der Waals surface area contributed by atoms with Gasteiger partial charge in [-0.3, -0.25) is 0 Å². The molecule has 1 N–H and O–H groups in total. The highest BCUT2D eigenvalue weighted by Gasteiger charge is 2.14. The van der Waals surface area contributed by atoms with Gasteiger partial charge in [-0.1, -0.05) is 39.7 Å². The van der Waals surface area contributed by atoms with E-state index in [1.165, 1.54) is 24.8 Å². The van der Waals surface area contributed by atoms with Crippen molar-refractivity contribution in [1.29, 1.82) is 0 Å².